The molecule has 0 spiro atoms. The molecule has 0 aromatic carbocycles. The van der Waals surface area contributed by atoms with Crippen molar-refractivity contribution in [1.29, 1.82) is 0 Å². The van der Waals surface area contributed by atoms with Crippen LogP contribution in [-0.4, -0.2) is 56.4 Å². The van der Waals surface area contributed by atoms with E-state index in [2.05, 4.69) is 0 Å². The van der Waals surface area contributed by atoms with E-state index in [-0.39, 0.29) is 13.6 Å². The molecule has 2 N–H and O–H groups in total. The fourth-order valence-corrected chi connectivity index (χ4v) is 3.04. The molecule has 2 aliphatic rings. The molecule has 2 heterocycles. The van der Waals surface area contributed by atoms with Gasteiger partial charge < -0.3 is 29.2 Å². The second-order valence-corrected chi connectivity index (χ2v) is 6.06. The van der Waals surface area contributed by atoms with Gasteiger partial charge in [-0.15, -0.1) is 0 Å². The molecule has 6 unspecified atom stereocenters. The summed E-state index contributed by atoms with van der Waals surface area (Å²) in [5.41, 5.74) is 0. The first kappa shape index (κ1) is 13.6. The molecule has 0 amide bonds. The molecule has 0 aliphatic carbocycles. The minimum Gasteiger partial charge on any atom is -0.380 e. The number of alkyl halides is 2. The van der Waals surface area contributed by atoms with Crippen LogP contribution in [0.4, 0.5) is 0 Å². The molecule has 2 aliphatic heterocycles. The van der Waals surface area contributed by atoms with Crippen molar-refractivity contribution < 1.29 is 29.2 Å². The van der Waals surface area contributed by atoms with Crippen LogP contribution in [0.1, 0.15) is 0 Å². The topological polar surface area (TPSA) is 77.4 Å². The van der Waals surface area contributed by atoms with Crippen molar-refractivity contribution in [1.82, 2.24) is 0 Å². The smallest absolute Gasteiger partial charge is 0.148 e. The first-order valence-electron chi connectivity index (χ1n) is 4.72. The number of aliphatic hydroxyl groups is 2. The zero-order chi connectivity index (χ0) is 11.7. The summed E-state index contributed by atoms with van der Waals surface area (Å²) < 4.78 is 20.0. The second kappa shape index (κ2) is 5.91. The van der Waals surface area contributed by atoms with E-state index < -0.39 is 32.6 Å². The van der Waals surface area contributed by atoms with Gasteiger partial charge in [0.1, 0.15) is 46.2 Å². The molecule has 94 valence electrons. The second-order valence-electron chi connectivity index (χ2n) is 3.51. The molecule has 6 nitrogen and oxygen atoms in total. The molecular weight excluding hydrogens is 446 g/mol. The van der Waals surface area contributed by atoms with E-state index in [1.165, 1.54) is 0 Å². The zero-order valence-corrected chi connectivity index (χ0v) is 12.5. The largest absolute Gasteiger partial charge is 0.380 e. The first-order chi connectivity index (χ1) is 7.61. The third-order valence-electron chi connectivity index (χ3n) is 2.56. The van der Waals surface area contributed by atoms with Gasteiger partial charge in [0.15, 0.2) is 0 Å². The maximum Gasteiger partial charge on any atom is 0.148 e. The Kier molecular flexibility index (Phi) is 5.04. The standard InChI is InChI=1S/C8H12I2O6/c9-7(11)5-4-3(13-1-15-5)6(8(10)12)16-2-14-4/h3-8,11-12H,1-2H2. The van der Waals surface area contributed by atoms with E-state index in [0.717, 1.165) is 0 Å². The Hall–Kier alpha value is 1.22. The van der Waals surface area contributed by atoms with Gasteiger partial charge in [-0.1, -0.05) is 0 Å². The van der Waals surface area contributed by atoms with E-state index in [1.54, 1.807) is 0 Å². The fraction of sp³-hybridized carbons (Fsp3) is 1.00. The van der Waals surface area contributed by atoms with Crippen LogP contribution in [0.15, 0.2) is 0 Å². The zero-order valence-electron chi connectivity index (χ0n) is 8.16. The Labute approximate surface area is 120 Å². The lowest BCUT2D eigenvalue weighted by Crippen LogP contribution is -2.61. The molecular formula is C8H12I2O6. The summed E-state index contributed by atoms with van der Waals surface area (Å²) in [6, 6.07) is 0. The van der Waals surface area contributed by atoms with Gasteiger partial charge >= 0.3 is 0 Å². The molecule has 0 aromatic heterocycles. The lowest BCUT2D eigenvalue weighted by Gasteiger charge is -2.45. The molecule has 0 saturated carbocycles. The van der Waals surface area contributed by atoms with Crippen LogP contribution >= 0.6 is 45.2 Å². The maximum atomic E-state index is 9.56. The number of aliphatic hydroxyl groups excluding tert-OH is 2. The van der Waals surface area contributed by atoms with Crippen molar-refractivity contribution in [3.05, 3.63) is 0 Å². The molecule has 2 saturated heterocycles. The van der Waals surface area contributed by atoms with Crippen LogP contribution in [-0.2, 0) is 18.9 Å². The van der Waals surface area contributed by atoms with Gasteiger partial charge in [-0.25, -0.2) is 0 Å². The van der Waals surface area contributed by atoms with Gasteiger partial charge in [-0.05, 0) is 45.2 Å². The van der Waals surface area contributed by atoms with E-state index in [4.69, 9.17) is 18.9 Å². The molecule has 0 radical (unpaired) electrons. The van der Waals surface area contributed by atoms with Gasteiger partial charge in [-0.2, -0.15) is 0 Å². The Bertz CT molecular complexity index is 215. The summed E-state index contributed by atoms with van der Waals surface area (Å²) in [4.78, 5) is 0. The van der Waals surface area contributed by atoms with Crippen molar-refractivity contribution >= 4 is 45.2 Å². The van der Waals surface area contributed by atoms with Gasteiger partial charge in [0.25, 0.3) is 0 Å². The number of fused-ring (bicyclic) bond motifs is 1. The van der Waals surface area contributed by atoms with Crippen LogP contribution in [0.25, 0.3) is 0 Å². The van der Waals surface area contributed by atoms with Crippen molar-refractivity contribution in [3.63, 3.8) is 0 Å². The van der Waals surface area contributed by atoms with E-state index in [9.17, 15) is 10.2 Å². The maximum absolute atomic E-state index is 9.56. The highest BCUT2D eigenvalue weighted by Gasteiger charge is 2.47. The molecule has 0 bridgehead atoms. The molecule has 6 atom stereocenters. The molecule has 2 rings (SSSR count). The lowest BCUT2D eigenvalue weighted by molar-refractivity contribution is -0.331. The highest BCUT2D eigenvalue weighted by atomic mass is 127. The Morgan fingerprint density at radius 1 is 0.812 bits per heavy atom. The number of halogens is 2. The third kappa shape index (κ3) is 2.79. The first-order valence-corrected chi connectivity index (χ1v) is 7.21. The van der Waals surface area contributed by atoms with Crippen molar-refractivity contribution in [3.8, 4) is 0 Å². The minimum atomic E-state index is -0.681. The summed E-state index contributed by atoms with van der Waals surface area (Å²) in [6.07, 6.45) is -1.74. The predicted molar refractivity (Wildman–Crippen MR) is 69.3 cm³/mol. The molecule has 0 aromatic rings. The number of ether oxygens (including phenoxy) is 4. The van der Waals surface area contributed by atoms with Crippen LogP contribution in [0.5, 0.6) is 0 Å². The summed E-state index contributed by atoms with van der Waals surface area (Å²) in [7, 11) is 0. The SMILES string of the molecule is OC(I)C1OCOC2C(C(O)I)OCOC12. The summed E-state index contributed by atoms with van der Waals surface area (Å²) in [6.45, 7) is 0.136. The molecule has 8 heteroatoms. The normalized spacial score (nSPS) is 43.5. The highest BCUT2D eigenvalue weighted by Crippen LogP contribution is 2.31. The number of hydrogen-bond donors (Lipinski definition) is 2. The summed E-state index contributed by atoms with van der Waals surface area (Å²) in [5.74, 6) is 0. The third-order valence-corrected chi connectivity index (χ3v) is 3.97. The molecule has 2 fully saturated rings. The summed E-state index contributed by atoms with van der Waals surface area (Å²) >= 11 is 3.73. The van der Waals surface area contributed by atoms with Crippen molar-refractivity contribution in [2.45, 2.75) is 32.6 Å². The Morgan fingerprint density at radius 2 is 1.19 bits per heavy atom. The van der Waals surface area contributed by atoms with Crippen LogP contribution in [0, 0.1) is 0 Å². The van der Waals surface area contributed by atoms with Crippen LogP contribution < -0.4 is 0 Å². The quantitative estimate of drug-likeness (QED) is 0.448. The monoisotopic (exact) mass is 458 g/mol. The van der Waals surface area contributed by atoms with Gasteiger partial charge in [-0.3, -0.25) is 0 Å². The predicted octanol–water partition coefficient (Wildman–Crippen LogP) is -0.0238. The van der Waals surface area contributed by atoms with Crippen LogP contribution in [0.2, 0.25) is 0 Å². The van der Waals surface area contributed by atoms with Gasteiger partial charge in [0.2, 0.25) is 0 Å². The average molecular weight is 458 g/mol. The van der Waals surface area contributed by atoms with Crippen molar-refractivity contribution in [2.75, 3.05) is 13.6 Å². The van der Waals surface area contributed by atoms with E-state index in [1.807, 2.05) is 45.2 Å². The van der Waals surface area contributed by atoms with Gasteiger partial charge in [0.05, 0.1) is 0 Å². The molecule has 16 heavy (non-hydrogen) atoms. The Balaban J connectivity index is 2.11. The van der Waals surface area contributed by atoms with Crippen molar-refractivity contribution in [2.24, 2.45) is 0 Å². The van der Waals surface area contributed by atoms with Crippen LogP contribution in [0.3, 0.4) is 0 Å². The number of rotatable bonds is 2. The lowest BCUT2D eigenvalue weighted by atomic mass is 10.0. The van der Waals surface area contributed by atoms with Gasteiger partial charge in [0, 0.05) is 0 Å². The fourth-order valence-electron chi connectivity index (χ4n) is 1.81. The number of hydrogen-bond acceptors (Lipinski definition) is 6. The minimum absolute atomic E-state index is 0.0679. The van der Waals surface area contributed by atoms with E-state index >= 15 is 0 Å². The van der Waals surface area contributed by atoms with E-state index in [0.29, 0.717) is 0 Å². The average Bonchev–Trinajstić information content (AvgIpc) is 2.27. The summed E-state index contributed by atoms with van der Waals surface area (Å²) in [5, 5.41) is 19.1. The Morgan fingerprint density at radius 3 is 1.50 bits per heavy atom. The highest BCUT2D eigenvalue weighted by molar-refractivity contribution is 14.1.